The van der Waals surface area contributed by atoms with Gasteiger partial charge < -0.3 is 11.1 Å². The highest BCUT2D eigenvalue weighted by Gasteiger charge is 2.36. The largest absolute Gasteiger partial charge is 0.359 e. The van der Waals surface area contributed by atoms with Crippen LogP contribution < -0.4 is 11.1 Å². The molecule has 1 amide bonds. The number of carbonyl (C=O) groups is 1. The summed E-state index contributed by atoms with van der Waals surface area (Å²) in [5.74, 6) is 0.964. The lowest BCUT2D eigenvalue weighted by Crippen LogP contribution is -2.54. The molecule has 0 aliphatic heterocycles. The SMILES string of the molecule is CNC(=O)CCCN(C)C1(CN)CCC(C)CC1. The Labute approximate surface area is 111 Å². The Morgan fingerprint density at radius 3 is 2.56 bits per heavy atom. The molecule has 4 heteroatoms. The normalized spacial score (nSPS) is 28.4. The number of hydrogen-bond acceptors (Lipinski definition) is 3. The van der Waals surface area contributed by atoms with Crippen molar-refractivity contribution in [3.05, 3.63) is 0 Å². The Kier molecular flexibility index (Phi) is 6.09. The number of hydrogen-bond donors (Lipinski definition) is 2. The molecule has 3 N–H and O–H groups in total. The predicted molar refractivity (Wildman–Crippen MR) is 75.3 cm³/mol. The van der Waals surface area contributed by atoms with Gasteiger partial charge in [-0.1, -0.05) is 6.92 Å². The van der Waals surface area contributed by atoms with Crippen LogP contribution in [0.25, 0.3) is 0 Å². The van der Waals surface area contributed by atoms with E-state index in [1.165, 1.54) is 25.7 Å². The molecule has 1 aliphatic rings. The van der Waals surface area contributed by atoms with Crippen LogP contribution >= 0.6 is 0 Å². The molecule has 0 saturated heterocycles. The average molecular weight is 255 g/mol. The minimum atomic E-state index is 0.127. The highest BCUT2D eigenvalue weighted by Crippen LogP contribution is 2.35. The van der Waals surface area contributed by atoms with Gasteiger partial charge in [0.2, 0.25) is 5.91 Å². The summed E-state index contributed by atoms with van der Waals surface area (Å²) in [4.78, 5) is 13.6. The topological polar surface area (TPSA) is 58.4 Å². The van der Waals surface area contributed by atoms with Gasteiger partial charge in [-0.05, 0) is 51.6 Å². The van der Waals surface area contributed by atoms with E-state index < -0.39 is 0 Å². The molecular formula is C14H29N3O. The third-order valence-corrected chi connectivity index (χ3v) is 4.57. The Morgan fingerprint density at radius 1 is 1.44 bits per heavy atom. The van der Waals surface area contributed by atoms with E-state index in [1.807, 2.05) is 0 Å². The van der Waals surface area contributed by atoms with Gasteiger partial charge in [-0.3, -0.25) is 9.69 Å². The van der Waals surface area contributed by atoms with Crippen molar-refractivity contribution < 1.29 is 4.79 Å². The van der Waals surface area contributed by atoms with E-state index in [1.54, 1.807) is 7.05 Å². The lowest BCUT2D eigenvalue weighted by molar-refractivity contribution is -0.120. The molecule has 1 fully saturated rings. The van der Waals surface area contributed by atoms with E-state index in [2.05, 4.69) is 24.2 Å². The van der Waals surface area contributed by atoms with Crippen molar-refractivity contribution >= 4 is 5.91 Å². The van der Waals surface area contributed by atoms with E-state index in [9.17, 15) is 4.79 Å². The lowest BCUT2D eigenvalue weighted by Gasteiger charge is -2.45. The summed E-state index contributed by atoms with van der Waals surface area (Å²) in [6.07, 6.45) is 6.46. The van der Waals surface area contributed by atoms with E-state index in [0.717, 1.165) is 25.4 Å². The molecule has 18 heavy (non-hydrogen) atoms. The predicted octanol–water partition coefficient (Wildman–Crippen LogP) is 1.35. The number of nitrogens with two attached hydrogens (primary N) is 1. The second kappa shape index (κ2) is 7.10. The first-order chi connectivity index (χ1) is 8.54. The molecule has 0 radical (unpaired) electrons. The quantitative estimate of drug-likeness (QED) is 0.753. The summed E-state index contributed by atoms with van der Waals surface area (Å²) >= 11 is 0. The van der Waals surface area contributed by atoms with Gasteiger partial charge in [-0.15, -0.1) is 0 Å². The van der Waals surface area contributed by atoms with Gasteiger partial charge in [0, 0.05) is 25.6 Å². The van der Waals surface area contributed by atoms with Crippen molar-refractivity contribution in [3.8, 4) is 0 Å². The molecule has 0 spiro atoms. The Hall–Kier alpha value is -0.610. The Morgan fingerprint density at radius 2 is 2.06 bits per heavy atom. The Bertz CT molecular complexity index is 260. The number of nitrogens with zero attached hydrogens (tertiary/aromatic N) is 1. The number of rotatable bonds is 6. The lowest BCUT2D eigenvalue weighted by atomic mass is 9.76. The van der Waals surface area contributed by atoms with Gasteiger partial charge in [-0.25, -0.2) is 0 Å². The molecule has 4 nitrogen and oxygen atoms in total. The number of carbonyl (C=O) groups excluding carboxylic acids is 1. The van der Waals surface area contributed by atoms with Crippen molar-refractivity contribution in [2.45, 2.75) is 51.0 Å². The average Bonchev–Trinajstić information content (AvgIpc) is 2.39. The zero-order valence-corrected chi connectivity index (χ0v) is 12.2. The van der Waals surface area contributed by atoms with Gasteiger partial charge in [0.1, 0.15) is 0 Å². The molecule has 1 saturated carbocycles. The van der Waals surface area contributed by atoms with Crippen LogP contribution in [0, 0.1) is 5.92 Å². The minimum absolute atomic E-state index is 0.127. The molecule has 0 aromatic rings. The molecule has 0 unspecified atom stereocenters. The van der Waals surface area contributed by atoms with Crippen molar-refractivity contribution in [2.24, 2.45) is 11.7 Å². The third-order valence-electron chi connectivity index (χ3n) is 4.57. The van der Waals surface area contributed by atoms with E-state index in [4.69, 9.17) is 5.73 Å². The van der Waals surface area contributed by atoms with Crippen LogP contribution in [0.15, 0.2) is 0 Å². The summed E-state index contributed by atoms with van der Waals surface area (Å²) in [5.41, 5.74) is 6.20. The maximum atomic E-state index is 11.2. The van der Waals surface area contributed by atoms with Crippen LogP contribution in [0.3, 0.4) is 0 Å². The zero-order chi connectivity index (χ0) is 13.6. The van der Waals surface area contributed by atoms with Gasteiger partial charge in [0.25, 0.3) is 0 Å². The highest BCUT2D eigenvalue weighted by atomic mass is 16.1. The summed E-state index contributed by atoms with van der Waals surface area (Å²) in [7, 11) is 3.85. The summed E-state index contributed by atoms with van der Waals surface area (Å²) in [5, 5.41) is 2.67. The van der Waals surface area contributed by atoms with Gasteiger partial charge in [-0.2, -0.15) is 0 Å². The first kappa shape index (κ1) is 15.4. The van der Waals surface area contributed by atoms with E-state index in [0.29, 0.717) is 6.42 Å². The molecule has 0 aromatic heterocycles. The minimum Gasteiger partial charge on any atom is -0.359 e. The van der Waals surface area contributed by atoms with Gasteiger partial charge in [0.15, 0.2) is 0 Å². The van der Waals surface area contributed by atoms with Crippen LogP contribution in [-0.2, 0) is 4.79 Å². The smallest absolute Gasteiger partial charge is 0.219 e. The fourth-order valence-corrected chi connectivity index (χ4v) is 2.88. The monoisotopic (exact) mass is 255 g/mol. The van der Waals surface area contributed by atoms with Crippen LogP contribution in [0.4, 0.5) is 0 Å². The molecule has 1 aliphatic carbocycles. The molecule has 106 valence electrons. The van der Waals surface area contributed by atoms with Gasteiger partial charge >= 0.3 is 0 Å². The second-order valence-electron chi connectivity index (χ2n) is 5.81. The summed E-state index contributed by atoms with van der Waals surface area (Å²) < 4.78 is 0. The van der Waals surface area contributed by atoms with Gasteiger partial charge in [0.05, 0.1) is 0 Å². The summed E-state index contributed by atoms with van der Waals surface area (Å²) in [6.45, 7) is 4.02. The van der Waals surface area contributed by atoms with Crippen molar-refractivity contribution in [1.29, 1.82) is 0 Å². The first-order valence-corrected chi connectivity index (χ1v) is 7.16. The van der Waals surface area contributed by atoms with Crippen LogP contribution in [0.5, 0.6) is 0 Å². The fraction of sp³-hybridized carbons (Fsp3) is 0.929. The molecular weight excluding hydrogens is 226 g/mol. The maximum absolute atomic E-state index is 11.2. The third kappa shape index (κ3) is 3.95. The zero-order valence-electron chi connectivity index (χ0n) is 12.2. The number of nitrogens with one attached hydrogen (secondary N) is 1. The fourth-order valence-electron chi connectivity index (χ4n) is 2.88. The molecule has 0 heterocycles. The van der Waals surface area contributed by atoms with Crippen LogP contribution in [-0.4, -0.2) is 43.5 Å². The molecule has 0 bridgehead atoms. The number of amides is 1. The Balaban J connectivity index is 2.42. The van der Waals surface area contributed by atoms with Crippen molar-refractivity contribution in [1.82, 2.24) is 10.2 Å². The highest BCUT2D eigenvalue weighted by molar-refractivity contribution is 5.75. The van der Waals surface area contributed by atoms with E-state index >= 15 is 0 Å². The van der Waals surface area contributed by atoms with Crippen LogP contribution in [0.2, 0.25) is 0 Å². The summed E-state index contributed by atoms with van der Waals surface area (Å²) in [6, 6.07) is 0. The number of likely N-dealkylation sites (N-methyl/N-ethyl adjacent to an activating group) is 1. The second-order valence-corrected chi connectivity index (χ2v) is 5.81. The standard InChI is InChI=1S/C14H29N3O/c1-12-6-8-14(11-15,9-7-12)17(3)10-4-5-13(18)16-2/h12H,4-11,15H2,1-3H3,(H,16,18). The maximum Gasteiger partial charge on any atom is 0.219 e. The molecule has 1 rings (SSSR count). The van der Waals surface area contributed by atoms with E-state index in [-0.39, 0.29) is 11.4 Å². The van der Waals surface area contributed by atoms with Crippen molar-refractivity contribution in [2.75, 3.05) is 27.2 Å². The molecule has 0 aromatic carbocycles. The molecule has 0 atom stereocenters. The first-order valence-electron chi connectivity index (χ1n) is 7.16. The van der Waals surface area contributed by atoms with Crippen LogP contribution in [0.1, 0.15) is 45.4 Å². The van der Waals surface area contributed by atoms with Crippen molar-refractivity contribution in [3.63, 3.8) is 0 Å².